The van der Waals surface area contributed by atoms with Crippen LogP contribution in [0.4, 0.5) is 14.6 Å². The van der Waals surface area contributed by atoms with E-state index in [1.165, 1.54) is 6.07 Å². The molecule has 1 fully saturated rings. The minimum atomic E-state index is -3.25. The van der Waals surface area contributed by atoms with Crippen molar-refractivity contribution in [2.75, 3.05) is 5.73 Å². The van der Waals surface area contributed by atoms with E-state index in [0.29, 0.717) is 17.4 Å². The number of rotatable bonds is 4. The standard InChI is InChI=1S/C12H17F2N3O3/c1-2-3-7(18)8-6-12(13,14)10(20-8)17-5-4-9(15)16-11(17)19/h4-5,7-8,10,18H,2-3,6H2,1H3,(H2,15,16,19). The Morgan fingerprint density at radius 3 is 3.00 bits per heavy atom. The maximum absolute atomic E-state index is 14.0. The van der Waals surface area contributed by atoms with Crippen molar-refractivity contribution in [3.63, 3.8) is 0 Å². The van der Waals surface area contributed by atoms with Gasteiger partial charge in [-0.2, -0.15) is 4.98 Å². The van der Waals surface area contributed by atoms with E-state index < -0.39 is 36.5 Å². The van der Waals surface area contributed by atoms with Crippen LogP contribution >= 0.6 is 0 Å². The molecule has 112 valence electrons. The van der Waals surface area contributed by atoms with Gasteiger partial charge in [0.05, 0.1) is 12.2 Å². The van der Waals surface area contributed by atoms with Crippen LogP contribution in [0.1, 0.15) is 32.4 Å². The molecule has 8 heteroatoms. The monoisotopic (exact) mass is 289 g/mol. The highest BCUT2D eigenvalue weighted by Gasteiger charge is 2.53. The van der Waals surface area contributed by atoms with Crippen LogP contribution in [0.25, 0.3) is 0 Å². The molecule has 1 saturated heterocycles. The van der Waals surface area contributed by atoms with Crippen molar-refractivity contribution in [2.45, 2.75) is 50.5 Å². The van der Waals surface area contributed by atoms with Crippen molar-refractivity contribution >= 4 is 5.82 Å². The molecule has 0 aromatic carbocycles. The molecule has 3 unspecified atom stereocenters. The molecular weight excluding hydrogens is 272 g/mol. The SMILES string of the molecule is CCCC(O)C1CC(F)(F)C(n2ccc(N)nc2=O)O1. The van der Waals surface area contributed by atoms with Crippen molar-refractivity contribution < 1.29 is 18.6 Å². The largest absolute Gasteiger partial charge is 0.390 e. The van der Waals surface area contributed by atoms with Crippen LogP contribution in [0.2, 0.25) is 0 Å². The quantitative estimate of drug-likeness (QED) is 0.859. The van der Waals surface area contributed by atoms with Crippen LogP contribution in [-0.4, -0.2) is 32.8 Å². The summed E-state index contributed by atoms with van der Waals surface area (Å²) in [7, 11) is 0. The Hall–Kier alpha value is -1.54. The average molecular weight is 289 g/mol. The van der Waals surface area contributed by atoms with E-state index >= 15 is 0 Å². The molecule has 1 aliphatic heterocycles. The number of ether oxygens (including phenoxy) is 1. The number of alkyl halides is 2. The van der Waals surface area contributed by atoms with Crippen molar-refractivity contribution in [1.82, 2.24) is 9.55 Å². The van der Waals surface area contributed by atoms with Gasteiger partial charge in [-0.05, 0) is 12.5 Å². The van der Waals surface area contributed by atoms with Crippen molar-refractivity contribution in [3.8, 4) is 0 Å². The first-order valence-corrected chi connectivity index (χ1v) is 6.41. The van der Waals surface area contributed by atoms with Crippen molar-refractivity contribution in [2.24, 2.45) is 0 Å². The van der Waals surface area contributed by atoms with Crippen LogP contribution in [0.15, 0.2) is 17.1 Å². The number of nitrogens with two attached hydrogens (primary N) is 1. The lowest BCUT2D eigenvalue weighted by Crippen LogP contribution is -2.35. The molecule has 0 bridgehead atoms. The predicted octanol–water partition coefficient (Wildman–Crippen LogP) is 0.909. The van der Waals surface area contributed by atoms with E-state index in [2.05, 4.69) is 4.98 Å². The Labute approximate surface area is 114 Å². The Morgan fingerprint density at radius 1 is 1.70 bits per heavy atom. The summed E-state index contributed by atoms with van der Waals surface area (Å²) in [6, 6.07) is 1.25. The molecule has 2 rings (SSSR count). The molecule has 0 spiro atoms. The highest BCUT2D eigenvalue weighted by Crippen LogP contribution is 2.43. The molecule has 6 nitrogen and oxygen atoms in total. The first-order chi connectivity index (χ1) is 9.35. The fourth-order valence-corrected chi connectivity index (χ4v) is 2.26. The fourth-order valence-electron chi connectivity index (χ4n) is 2.26. The number of nitrogens with zero attached hydrogens (tertiary/aromatic N) is 2. The van der Waals surface area contributed by atoms with Crippen molar-refractivity contribution in [1.29, 1.82) is 0 Å². The zero-order chi connectivity index (χ0) is 14.9. The molecule has 3 N–H and O–H groups in total. The minimum absolute atomic E-state index is 0.0462. The van der Waals surface area contributed by atoms with E-state index in [1.54, 1.807) is 0 Å². The Morgan fingerprint density at radius 2 is 2.40 bits per heavy atom. The average Bonchev–Trinajstić information content (AvgIpc) is 2.66. The summed E-state index contributed by atoms with van der Waals surface area (Å²) in [5, 5.41) is 9.78. The third kappa shape index (κ3) is 2.80. The van der Waals surface area contributed by atoms with Gasteiger partial charge >= 0.3 is 5.69 Å². The summed E-state index contributed by atoms with van der Waals surface area (Å²) in [5.41, 5.74) is 4.41. The van der Waals surface area contributed by atoms with Gasteiger partial charge in [-0.1, -0.05) is 13.3 Å². The van der Waals surface area contributed by atoms with Crippen LogP contribution in [-0.2, 0) is 4.74 Å². The summed E-state index contributed by atoms with van der Waals surface area (Å²) in [6.07, 6.45) is -2.23. The molecule has 0 radical (unpaired) electrons. The van der Waals surface area contributed by atoms with Gasteiger partial charge in [0.1, 0.15) is 5.82 Å². The van der Waals surface area contributed by atoms with E-state index in [1.807, 2.05) is 6.92 Å². The Kier molecular flexibility index (Phi) is 4.05. The molecule has 3 atom stereocenters. The number of aliphatic hydroxyl groups is 1. The first-order valence-electron chi connectivity index (χ1n) is 6.41. The first kappa shape index (κ1) is 14.9. The number of hydrogen-bond acceptors (Lipinski definition) is 5. The zero-order valence-corrected chi connectivity index (χ0v) is 11.0. The second-order valence-electron chi connectivity index (χ2n) is 4.89. The third-order valence-electron chi connectivity index (χ3n) is 3.26. The molecule has 0 aliphatic carbocycles. The molecule has 1 aromatic heterocycles. The van der Waals surface area contributed by atoms with E-state index in [0.717, 1.165) is 6.20 Å². The second kappa shape index (κ2) is 5.45. The van der Waals surface area contributed by atoms with E-state index in [9.17, 15) is 18.7 Å². The van der Waals surface area contributed by atoms with E-state index in [4.69, 9.17) is 10.5 Å². The van der Waals surface area contributed by atoms with Gasteiger partial charge in [0, 0.05) is 12.6 Å². The van der Waals surface area contributed by atoms with Gasteiger partial charge in [-0.15, -0.1) is 0 Å². The number of nitrogen functional groups attached to an aromatic ring is 1. The van der Waals surface area contributed by atoms with Gasteiger partial charge in [-0.3, -0.25) is 4.57 Å². The lowest BCUT2D eigenvalue weighted by atomic mass is 10.0. The van der Waals surface area contributed by atoms with Gasteiger partial charge in [0.25, 0.3) is 5.92 Å². The molecule has 0 saturated carbocycles. The lowest BCUT2D eigenvalue weighted by molar-refractivity contribution is -0.127. The highest BCUT2D eigenvalue weighted by molar-refractivity contribution is 5.23. The zero-order valence-electron chi connectivity index (χ0n) is 11.0. The van der Waals surface area contributed by atoms with E-state index in [-0.39, 0.29) is 5.82 Å². The Balaban J connectivity index is 2.25. The van der Waals surface area contributed by atoms with Gasteiger partial charge in [0.2, 0.25) is 6.23 Å². The molecule has 0 amide bonds. The van der Waals surface area contributed by atoms with Crippen LogP contribution in [0.5, 0.6) is 0 Å². The van der Waals surface area contributed by atoms with Gasteiger partial charge in [-0.25, -0.2) is 13.6 Å². The summed E-state index contributed by atoms with van der Waals surface area (Å²) < 4.78 is 33.8. The van der Waals surface area contributed by atoms with Crippen molar-refractivity contribution in [3.05, 3.63) is 22.7 Å². The smallest absolute Gasteiger partial charge is 0.351 e. The maximum atomic E-state index is 14.0. The summed E-state index contributed by atoms with van der Waals surface area (Å²) >= 11 is 0. The van der Waals surface area contributed by atoms with Crippen LogP contribution in [0.3, 0.4) is 0 Å². The number of anilines is 1. The molecule has 2 heterocycles. The number of hydrogen-bond donors (Lipinski definition) is 2. The number of halogens is 2. The Bertz CT molecular complexity index is 535. The molecule has 20 heavy (non-hydrogen) atoms. The van der Waals surface area contributed by atoms with Crippen LogP contribution < -0.4 is 11.4 Å². The minimum Gasteiger partial charge on any atom is -0.390 e. The summed E-state index contributed by atoms with van der Waals surface area (Å²) in [6.45, 7) is 1.84. The molecule has 1 aromatic rings. The lowest BCUT2D eigenvalue weighted by Gasteiger charge is -2.20. The molecular formula is C12H17F2N3O3. The van der Waals surface area contributed by atoms with Crippen LogP contribution in [0, 0.1) is 0 Å². The fraction of sp³-hybridized carbons (Fsp3) is 0.667. The number of aliphatic hydroxyl groups excluding tert-OH is 1. The summed E-state index contributed by atoms with van der Waals surface area (Å²) in [4.78, 5) is 15.0. The number of aromatic nitrogens is 2. The maximum Gasteiger partial charge on any atom is 0.351 e. The highest BCUT2D eigenvalue weighted by atomic mass is 19.3. The summed E-state index contributed by atoms with van der Waals surface area (Å²) in [5.74, 6) is -3.30. The predicted molar refractivity (Wildman–Crippen MR) is 67.3 cm³/mol. The van der Waals surface area contributed by atoms with Gasteiger partial charge < -0.3 is 15.6 Å². The topological polar surface area (TPSA) is 90.4 Å². The molecule has 1 aliphatic rings. The van der Waals surface area contributed by atoms with Gasteiger partial charge in [0.15, 0.2) is 0 Å². The third-order valence-corrected chi connectivity index (χ3v) is 3.26. The normalized spacial score (nSPS) is 26.6. The second-order valence-corrected chi connectivity index (χ2v) is 4.89.